The van der Waals surface area contributed by atoms with Crippen molar-refractivity contribution in [3.8, 4) is 0 Å². The number of nitrogens with one attached hydrogen (secondary N) is 1. The molecule has 2 aromatic heterocycles. The van der Waals surface area contributed by atoms with E-state index < -0.39 is 0 Å². The Morgan fingerprint density at radius 2 is 2.11 bits per heavy atom. The van der Waals surface area contributed by atoms with E-state index in [1.807, 2.05) is 26.0 Å². The van der Waals surface area contributed by atoms with Crippen LogP contribution in [0.2, 0.25) is 0 Å². The second-order valence-electron chi connectivity index (χ2n) is 4.57. The van der Waals surface area contributed by atoms with E-state index in [4.69, 9.17) is 8.94 Å². The van der Waals surface area contributed by atoms with Gasteiger partial charge in [0.15, 0.2) is 0 Å². The lowest BCUT2D eigenvalue weighted by Crippen LogP contribution is -2.18. The van der Waals surface area contributed by atoms with Crippen molar-refractivity contribution >= 4 is 0 Å². The number of aryl methyl sites for hydroxylation is 3. The van der Waals surface area contributed by atoms with Gasteiger partial charge in [-0.1, -0.05) is 12.1 Å². The van der Waals surface area contributed by atoms with Crippen LogP contribution < -0.4 is 5.32 Å². The summed E-state index contributed by atoms with van der Waals surface area (Å²) in [5, 5.41) is 7.49. The van der Waals surface area contributed by atoms with Gasteiger partial charge in [-0.15, -0.1) is 0 Å². The number of rotatable bonds is 5. The van der Waals surface area contributed by atoms with Crippen molar-refractivity contribution in [1.82, 2.24) is 10.5 Å². The van der Waals surface area contributed by atoms with Crippen molar-refractivity contribution in [3.63, 3.8) is 0 Å². The predicted molar refractivity (Wildman–Crippen MR) is 69.3 cm³/mol. The minimum absolute atomic E-state index is 0.178. The van der Waals surface area contributed by atoms with Crippen molar-refractivity contribution in [2.24, 2.45) is 0 Å². The molecule has 2 rings (SSSR count). The van der Waals surface area contributed by atoms with Gasteiger partial charge in [0.05, 0.1) is 11.7 Å². The lowest BCUT2D eigenvalue weighted by atomic mass is 10.1. The Labute approximate surface area is 107 Å². The Kier molecular flexibility index (Phi) is 3.87. The number of nitrogens with zero attached hydrogens (tertiary/aromatic N) is 1. The molecule has 0 fully saturated rings. The lowest BCUT2D eigenvalue weighted by Gasteiger charge is -2.11. The quantitative estimate of drug-likeness (QED) is 0.882. The molecule has 0 saturated heterocycles. The molecule has 1 N–H and O–H groups in total. The standard InChI is InChI=1S/C14H20N2O2/c1-5-13-12(11(4)18-16-13)8-15-10(3)14-7-6-9(2)17-14/h6-7,10,15H,5,8H2,1-4H3. The van der Waals surface area contributed by atoms with E-state index in [1.165, 1.54) is 0 Å². The van der Waals surface area contributed by atoms with E-state index in [-0.39, 0.29) is 6.04 Å². The normalized spacial score (nSPS) is 12.9. The summed E-state index contributed by atoms with van der Waals surface area (Å²) in [4.78, 5) is 0. The van der Waals surface area contributed by atoms with Crippen LogP contribution in [0.3, 0.4) is 0 Å². The average molecular weight is 248 g/mol. The zero-order chi connectivity index (χ0) is 13.1. The SMILES string of the molecule is CCc1noc(C)c1CNC(C)c1ccc(C)o1. The maximum atomic E-state index is 5.60. The van der Waals surface area contributed by atoms with Crippen LogP contribution in [0.1, 0.15) is 48.4 Å². The van der Waals surface area contributed by atoms with Crippen LogP contribution in [0.4, 0.5) is 0 Å². The molecule has 2 heterocycles. The molecule has 18 heavy (non-hydrogen) atoms. The smallest absolute Gasteiger partial charge is 0.138 e. The molecule has 0 aliphatic carbocycles. The molecule has 0 aromatic carbocycles. The van der Waals surface area contributed by atoms with Crippen molar-refractivity contribution in [3.05, 3.63) is 40.7 Å². The summed E-state index contributed by atoms with van der Waals surface area (Å²) < 4.78 is 10.8. The predicted octanol–water partition coefficient (Wildman–Crippen LogP) is 3.30. The van der Waals surface area contributed by atoms with Crippen molar-refractivity contribution < 1.29 is 8.94 Å². The molecular weight excluding hydrogens is 228 g/mol. The van der Waals surface area contributed by atoms with Crippen molar-refractivity contribution in [2.75, 3.05) is 0 Å². The molecule has 0 saturated carbocycles. The summed E-state index contributed by atoms with van der Waals surface area (Å²) in [6, 6.07) is 4.17. The number of furan rings is 1. The van der Waals surface area contributed by atoms with E-state index in [1.54, 1.807) is 0 Å². The largest absolute Gasteiger partial charge is 0.465 e. The summed E-state index contributed by atoms with van der Waals surface area (Å²) in [5.74, 6) is 2.79. The maximum absolute atomic E-state index is 5.60. The lowest BCUT2D eigenvalue weighted by molar-refractivity contribution is 0.388. The molecule has 1 unspecified atom stereocenters. The van der Waals surface area contributed by atoms with Crippen LogP contribution >= 0.6 is 0 Å². The second-order valence-corrected chi connectivity index (χ2v) is 4.57. The monoisotopic (exact) mass is 248 g/mol. The fourth-order valence-electron chi connectivity index (χ4n) is 1.98. The van der Waals surface area contributed by atoms with Crippen LogP contribution in [-0.4, -0.2) is 5.16 Å². The third-order valence-electron chi connectivity index (χ3n) is 3.17. The van der Waals surface area contributed by atoms with Crippen molar-refractivity contribution in [1.29, 1.82) is 0 Å². The molecule has 0 spiro atoms. The second kappa shape index (κ2) is 5.40. The fraction of sp³-hybridized carbons (Fsp3) is 0.500. The van der Waals surface area contributed by atoms with E-state index >= 15 is 0 Å². The van der Waals surface area contributed by atoms with E-state index in [0.717, 1.165) is 41.5 Å². The van der Waals surface area contributed by atoms with Gasteiger partial charge >= 0.3 is 0 Å². The van der Waals surface area contributed by atoms with Crippen LogP contribution in [0.5, 0.6) is 0 Å². The highest BCUT2D eigenvalue weighted by molar-refractivity contribution is 5.22. The van der Waals surface area contributed by atoms with E-state index in [2.05, 4.69) is 24.3 Å². The molecule has 0 amide bonds. The Morgan fingerprint density at radius 1 is 1.33 bits per heavy atom. The number of hydrogen-bond donors (Lipinski definition) is 1. The molecule has 4 heteroatoms. The van der Waals surface area contributed by atoms with Gasteiger partial charge in [-0.2, -0.15) is 0 Å². The molecule has 1 atom stereocenters. The molecule has 0 radical (unpaired) electrons. The van der Waals surface area contributed by atoms with E-state index in [0.29, 0.717) is 0 Å². The highest BCUT2D eigenvalue weighted by Gasteiger charge is 2.14. The van der Waals surface area contributed by atoms with Gasteiger partial charge in [0.25, 0.3) is 0 Å². The minimum Gasteiger partial charge on any atom is -0.465 e. The first kappa shape index (κ1) is 12.9. The summed E-state index contributed by atoms with van der Waals surface area (Å²) in [6.45, 7) is 8.83. The highest BCUT2D eigenvalue weighted by atomic mass is 16.5. The minimum atomic E-state index is 0.178. The molecule has 0 bridgehead atoms. The Hall–Kier alpha value is -1.55. The zero-order valence-electron chi connectivity index (χ0n) is 11.4. The van der Waals surface area contributed by atoms with Crippen LogP contribution in [0.15, 0.2) is 21.1 Å². The average Bonchev–Trinajstić information content (AvgIpc) is 2.93. The van der Waals surface area contributed by atoms with Gasteiger partial charge in [0, 0.05) is 12.1 Å². The first-order valence-corrected chi connectivity index (χ1v) is 6.35. The van der Waals surface area contributed by atoms with Gasteiger partial charge in [-0.25, -0.2) is 0 Å². The van der Waals surface area contributed by atoms with Crippen LogP contribution in [0, 0.1) is 13.8 Å². The first-order chi connectivity index (χ1) is 8.61. The molecule has 0 aliphatic rings. The summed E-state index contributed by atoms with van der Waals surface area (Å²) in [5.41, 5.74) is 2.19. The van der Waals surface area contributed by atoms with Gasteiger partial charge in [-0.05, 0) is 39.3 Å². The number of aromatic nitrogens is 1. The van der Waals surface area contributed by atoms with Gasteiger partial charge < -0.3 is 14.3 Å². The Bertz CT molecular complexity index is 514. The number of hydrogen-bond acceptors (Lipinski definition) is 4. The molecular formula is C14H20N2O2. The van der Waals surface area contributed by atoms with Gasteiger partial charge in [0.2, 0.25) is 0 Å². The molecule has 98 valence electrons. The Balaban J connectivity index is 2.01. The van der Waals surface area contributed by atoms with E-state index in [9.17, 15) is 0 Å². The molecule has 0 aliphatic heterocycles. The molecule has 4 nitrogen and oxygen atoms in total. The summed E-state index contributed by atoms with van der Waals surface area (Å²) >= 11 is 0. The Morgan fingerprint density at radius 3 is 2.72 bits per heavy atom. The maximum Gasteiger partial charge on any atom is 0.138 e. The van der Waals surface area contributed by atoms with Crippen LogP contribution in [-0.2, 0) is 13.0 Å². The topological polar surface area (TPSA) is 51.2 Å². The first-order valence-electron chi connectivity index (χ1n) is 6.35. The van der Waals surface area contributed by atoms with Gasteiger partial charge in [0.1, 0.15) is 17.3 Å². The molecule has 2 aromatic rings. The third-order valence-corrected chi connectivity index (χ3v) is 3.17. The fourth-order valence-corrected chi connectivity index (χ4v) is 1.98. The summed E-state index contributed by atoms with van der Waals surface area (Å²) in [6.07, 6.45) is 0.891. The third kappa shape index (κ3) is 2.64. The van der Waals surface area contributed by atoms with Crippen LogP contribution in [0.25, 0.3) is 0 Å². The highest BCUT2D eigenvalue weighted by Crippen LogP contribution is 2.18. The zero-order valence-corrected chi connectivity index (χ0v) is 11.4. The van der Waals surface area contributed by atoms with Gasteiger partial charge in [-0.3, -0.25) is 0 Å². The van der Waals surface area contributed by atoms with Crippen molar-refractivity contribution in [2.45, 2.75) is 46.7 Å². The summed E-state index contributed by atoms with van der Waals surface area (Å²) in [7, 11) is 0.